The summed E-state index contributed by atoms with van der Waals surface area (Å²) in [4.78, 5) is 21.6. The summed E-state index contributed by atoms with van der Waals surface area (Å²) in [7, 11) is 0. The number of aliphatic carboxylic acids is 2. The van der Waals surface area contributed by atoms with E-state index in [2.05, 4.69) is 5.32 Å². The van der Waals surface area contributed by atoms with Gasteiger partial charge in [-0.15, -0.1) is 0 Å². The summed E-state index contributed by atoms with van der Waals surface area (Å²) in [6, 6.07) is 7.95. The van der Waals surface area contributed by atoms with Gasteiger partial charge in [-0.25, -0.2) is 4.79 Å². The van der Waals surface area contributed by atoms with Gasteiger partial charge in [0, 0.05) is 5.69 Å². The zero-order valence-electron chi connectivity index (χ0n) is 9.46. The molecule has 0 aromatic heterocycles. The summed E-state index contributed by atoms with van der Waals surface area (Å²) in [5.74, 6) is -2.55. The van der Waals surface area contributed by atoms with E-state index in [-0.39, 0.29) is 6.42 Å². The molecule has 0 spiro atoms. The van der Waals surface area contributed by atoms with Crippen LogP contribution in [0.4, 0.5) is 5.69 Å². The third-order valence-corrected chi connectivity index (χ3v) is 2.43. The molecule has 0 aliphatic heterocycles. The first kappa shape index (κ1) is 13.0. The van der Waals surface area contributed by atoms with Crippen LogP contribution >= 0.6 is 0 Å². The van der Waals surface area contributed by atoms with Gasteiger partial charge in [0.05, 0.1) is 6.42 Å². The van der Waals surface area contributed by atoms with Gasteiger partial charge in [0.2, 0.25) is 0 Å². The molecule has 0 heterocycles. The molecule has 0 aliphatic rings. The molecular formula is C12H15NO4. The molecule has 2 atom stereocenters. The Kier molecular flexibility index (Phi) is 4.51. The highest BCUT2D eigenvalue weighted by molar-refractivity contribution is 5.79. The van der Waals surface area contributed by atoms with Crippen LogP contribution in [0.1, 0.15) is 13.3 Å². The van der Waals surface area contributed by atoms with Gasteiger partial charge >= 0.3 is 11.9 Å². The summed E-state index contributed by atoms with van der Waals surface area (Å²) < 4.78 is 0. The maximum absolute atomic E-state index is 11.1. The van der Waals surface area contributed by atoms with E-state index >= 15 is 0 Å². The molecule has 5 heteroatoms. The smallest absolute Gasteiger partial charge is 0.326 e. The first-order valence-corrected chi connectivity index (χ1v) is 5.27. The Labute approximate surface area is 99.1 Å². The fraction of sp³-hybridized carbons (Fsp3) is 0.333. The molecule has 1 rings (SSSR count). The molecule has 1 aromatic rings. The SMILES string of the molecule is CC(CC(=O)O)[C@H](Nc1ccccc1)C(=O)O. The standard InChI is InChI=1S/C12H15NO4/c1-8(7-10(14)15)11(12(16)17)13-9-5-3-2-4-6-9/h2-6,8,11,13H,7H2,1H3,(H,14,15)(H,16,17)/t8?,11-/m0/s1. The van der Waals surface area contributed by atoms with E-state index in [1.807, 2.05) is 6.07 Å². The minimum absolute atomic E-state index is 0.184. The molecule has 0 saturated carbocycles. The van der Waals surface area contributed by atoms with Crippen LogP contribution in [0.5, 0.6) is 0 Å². The molecule has 0 saturated heterocycles. The van der Waals surface area contributed by atoms with Crippen LogP contribution < -0.4 is 5.32 Å². The van der Waals surface area contributed by atoms with Crippen molar-refractivity contribution in [3.05, 3.63) is 30.3 Å². The Morgan fingerprint density at radius 2 is 1.82 bits per heavy atom. The van der Waals surface area contributed by atoms with Crippen molar-refractivity contribution in [2.45, 2.75) is 19.4 Å². The minimum Gasteiger partial charge on any atom is -0.481 e. The van der Waals surface area contributed by atoms with Crippen LogP contribution in [-0.4, -0.2) is 28.2 Å². The Balaban J connectivity index is 2.73. The first-order valence-electron chi connectivity index (χ1n) is 5.27. The summed E-state index contributed by atoms with van der Waals surface area (Å²) in [5, 5.41) is 20.5. The van der Waals surface area contributed by atoms with Gasteiger partial charge in [-0.1, -0.05) is 25.1 Å². The fourth-order valence-electron chi connectivity index (χ4n) is 1.55. The highest BCUT2D eigenvalue weighted by Crippen LogP contribution is 2.15. The largest absolute Gasteiger partial charge is 0.481 e. The Bertz CT molecular complexity index is 391. The van der Waals surface area contributed by atoms with Crippen LogP contribution in [0.25, 0.3) is 0 Å². The van der Waals surface area contributed by atoms with E-state index in [9.17, 15) is 9.59 Å². The minimum atomic E-state index is -1.05. The van der Waals surface area contributed by atoms with E-state index in [0.717, 1.165) is 0 Å². The highest BCUT2D eigenvalue weighted by atomic mass is 16.4. The Morgan fingerprint density at radius 3 is 2.29 bits per heavy atom. The maximum atomic E-state index is 11.1. The number of rotatable bonds is 6. The quantitative estimate of drug-likeness (QED) is 0.700. The highest BCUT2D eigenvalue weighted by Gasteiger charge is 2.26. The molecular weight excluding hydrogens is 222 g/mol. The number of nitrogens with one attached hydrogen (secondary N) is 1. The summed E-state index contributed by atoms with van der Waals surface area (Å²) >= 11 is 0. The van der Waals surface area contributed by atoms with Crippen LogP contribution in [0, 0.1) is 5.92 Å². The lowest BCUT2D eigenvalue weighted by Crippen LogP contribution is -2.36. The molecule has 17 heavy (non-hydrogen) atoms. The van der Waals surface area contributed by atoms with Gasteiger partial charge in [0.15, 0.2) is 0 Å². The van der Waals surface area contributed by atoms with Gasteiger partial charge in [0.1, 0.15) is 6.04 Å². The zero-order chi connectivity index (χ0) is 12.8. The molecule has 0 aliphatic carbocycles. The van der Waals surface area contributed by atoms with E-state index in [0.29, 0.717) is 5.69 Å². The van der Waals surface area contributed by atoms with Crippen LogP contribution in [0.15, 0.2) is 30.3 Å². The second-order valence-electron chi connectivity index (χ2n) is 3.90. The monoisotopic (exact) mass is 237 g/mol. The molecule has 0 bridgehead atoms. The maximum Gasteiger partial charge on any atom is 0.326 e. The summed E-state index contributed by atoms with van der Waals surface area (Å²) in [6.45, 7) is 1.60. The molecule has 1 unspecified atom stereocenters. The molecule has 0 radical (unpaired) electrons. The number of benzene rings is 1. The Morgan fingerprint density at radius 1 is 1.24 bits per heavy atom. The molecule has 0 fully saturated rings. The predicted octanol–water partition coefficient (Wildman–Crippen LogP) is 1.66. The number of hydrogen-bond donors (Lipinski definition) is 3. The Hall–Kier alpha value is -2.04. The number of hydrogen-bond acceptors (Lipinski definition) is 3. The van der Waals surface area contributed by atoms with Crippen molar-refractivity contribution in [1.82, 2.24) is 0 Å². The van der Waals surface area contributed by atoms with E-state index in [1.54, 1.807) is 31.2 Å². The number of anilines is 1. The fourth-order valence-corrected chi connectivity index (χ4v) is 1.55. The second kappa shape index (κ2) is 5.89. The second-order valence-corrected chi connectivity index (χ2v) is 3.90. The van der Waals surface area contributed by atoms with Gasteiger partial charge in [-0.2, -0.15) is 0 Å². The van der Waals surface area contributed by atoms with Crippen molar-refractivity contribution in [3.63, 3.8) is 0 Å². The zero-order valence-corrected chi connectivity index (χ0v) is 9.46. The van der Waals surface area contributed by atoms with E-state index in [1.165, 1.54) is 0 Å². The van der Waals surface area contributed by atoms with Gasteiger partial charge in [-0.05, 0) is 18.1 Å². The average molecular weight is 237 g/mol. The third kappa shape index (κ3) is 4.14. The predicted molar refractivity (Wildman–Crippen MR) is 62.9 cm³/mol. The van der Waals surface area contributed by atoms with Crippen molar-refractivity contribution in [1.29, 1.82) is 0 Å². The molecule has 1 aromatic carbocycles. The molecule has 5 nitrogen and oxygen atoms in total. The van der Waals surface area contributed by atoms with Crippen LogP contribution in [0.3, 0.4) is 0 Å². The van der Waals surface area contributed by atoms with Crippen molar-refractivity contribution in [2.75, 3.05) is 5.32 Å². The number of carboxylic acids is 2. The van der Waals surface area contributed by atoms with Gasteiger partial charge in [0.25, 0.3) is 0 Å². The lowest BCUT2D eigenvalue weighted by Gasteiger charge is -2.21. The molecule has 92 valence electrons. The third-order valence-electron chi connectivity index (χ3n) is 2.43. The van der Waals surface area contributed by atoms with Crippen molar-refractivity contribution in [2.24, 2.45) is 5.92 Å². The summed E-state index contributed by atoms with van der Waals surface area (Å²) in [6.07, 6.45) is -0.184. The number of carbonyl (C=O) groups is 2. The van der Waals surface area contributed by atoms with Crippen molar-refractivity contribution in [3.8, 4) is 0 Å². The van der Waals surface area contributed by atoms with Crippen LogP contribution in [0.2, 0.25) is 0 Å². The lowest BCUT2D eigenvalue weighted by molar-refractivity contribution is -0.141. The van der Waals surface area contributed by atoms with Gasteiger partial charge in [-0.3, -0.25) is 4.79 Å². The number of para-hydroxylation sites is 1. The topological polar surface area (TPSA) is 86.6 Å². The van der Waals surface area contributed by atoms with E-state index < -0.39 is 23.9 Å². The van der Waals surface area contributed by atoms with E-state index in [4.69, 9.17) is 10.2 Å². The number of carboxylic acid groups (broad SMARTS) is 2. The van der Waals surface area contributed by atoms with Crippen molar-refractivity contribution < 1.29 is 19.8 Å². The molecule has 3 N–H and O–H groups in total. The average Bonchev–Trinajstić information content (AvgIpc) is 2.25. The summed E-state index contributed by atoms with van der Waals surface area (Å²) in [5.41, 5.74) is 0.664. The van der Waals surface area contributed by atoms with Crippen LogP contribution in [-0.2, 0) is 9.59 Å². The lowest BCUT2D eigenvalue weighted by atomic mass is 9.98. The van der Waals surface area contributed by atoms with Gasteiger partial charge < -0.3 is 15.5 Å². The first-order chi connectivity index (χ1) is 8.00. The van der Waals surface area contributed by atoms with Crippen molar-refractivity contribution >= 4 is 17.6 Å². The normalized spacial score (nSPS) is 13.7. The molecule has 0 amide bonds.